The lowest BCUT2D eigenvalue weighted by molar-refractivity contribution is -0.0875. The summed E-state index contributed by atoms with van der Waals surface area (Å²) in [6.45, 7) is 3.06. The summed E-state index contributed by atoms with van der Waals surface area (Å²) in [6, 6.07) is 0.232. The highest BCUT2D eigenvalue weighted by molar-refractivity contribution is 4.80. The normalized spacial score (nSPS) is 31.1. The summed E-state index contributed by atoms with van der Waals surface area (Å²) in [7, 11) is 0. The van der Waals surface area contributed by atoms with Crippen molar-refractivity contribution in [1.29, 1.82) is 0 Å². The molecule has 0 aromatic carbocycles. The van der Waals surface area contributed by atoms with E-state index in [2.05, 4.69) is 0 Å². The average Bonchev–Trinajstić information content (AvgIpc) is 2.37. The second-order valence-electron chi connectivity index (χ2n) is 2.91. The Balaban J connectivity index is 2.05. The Morgan fingerprint density at radius 1 is 1.45 bits per heavy atom. The van der Waals surface area contributed by atoms with Gasteiger partial charge in [-0.3, -0.25) is 0 Å². The maximum absolute atomic E-state index is 5.78. The average molecular weight is 159 g/mol. The molecular weight excluding hydrogens is 142 g/mol. The van der Waals surface area contributed by atoms with Gasteiger partial charge in [0.1, 0.15) is 6.79 Å². The van der Waals surface area contributed by atoms with Crippen LogP contribution >= 0.6 is 0 Å². The molecule has 2 atom stereocenters. The van der Waals surface area contributed by atoms with E-state index in [9.17, 15) is 0 Å². The van der Waals surface area contributed by atoms with E-state index in [4.69, 9.17) is 15.2 Å². The van der Waals surface area contributed by atoms with Crippen molar-refractivity contribution < 1.29 is 9.47 Å². The summed E-state index contributed by atoms with van der Waals surface area (Å²) in [5.74, 6) is 0. The molecule has 1 aliphatic rings. The van der Waals surface area contributed by atoms with Gasteiger partial charge < -0.3 is 15.2 Å². The van der Waals surface area contributed by atoms with E-state index in [0.717, 1.165) is 12.8 Å². The van der Waals surface area contributed by atoms with Gasteiger partial charge in [0.25, 0.3) is 0 Å². The molecule has 0 radical (unpaired) electrons. The first kappa shape index (κ1) is 8.97. The number of hydrogen-bond acceptors (Lipinski definition) is 3. The first-order valence-corrected chi connectivity index (χ1v) is 4.29. The summed E-state index contributed by atoms with van der Waals surface area (Å²) in [6.07, 6.45) is 3.62. The van der Waals surface area contributed by atoms with Crippen LogP contribution in [0, 0.1) is 0 Å². The van der Waals surface area contributed by atoms with Crippen LogP contribution in [0.1, 0.15) is 26.2 Å². The highest BCUT2D eigenvalue weighted by atomic mass is 16.7. The molecule has 66 valence electrons. The summed E-state index contributed by atoms with van der Waals surface area (Å²) in [5, 5.41) is 0. The van der Waals surface area contributed by atoms with Crippen molar-refractivity contribution in [3.05, 3.63) is 0 Å². The third-order valence-corrected chi connectivity index (χ3v) is 2.07. The first-order valence-electron chi connectivity index (χ1n) is 4.29. The van der Waals surface area contributed by atoms with Crippen LogP contribution < -0.4 is 5.73 Å². The van der Waals surface area contributed by atoms with Gasteiger partial charge in [0, 0.05) is 12.6 Å². The van der Waals surface area contributed by atoms with E-state index in [1.807, 2.05) is 6.92 Å². The Bertz CT molecular complexity index is 108. The topological polar surface area (TPSA) is 44.5 Å². The number of ether oxygens (including phenoxy) is 2. The molecule has 0 aromatic rings. The Labute approximate surface area is 67.9 Å². The molecule has 0 aromatic heterocycles. The van der Waals surface area contributed by atoms with E-state index in [0.29, 0.717) is 13.4 Å². The molecule has 1 fully saturated rings. The summed E-state index contributed by atoms with van der Waals surface area (Å²) < 4.78 is 10.5. The third-order valence-electron chi connectivity index (χ3n) is 2.07. The van der Waals surface area contributed by atoms with Gasteiger partial charge in [0.05, 0.1) is 6.10 Å². The minimum atomic E-state index is 0.232. The molecule has 2 unspecified atom stereocenters. The van der Waals surface area contributed by atoms with Crippen LogP contribution in [0.4, 0.5) is 0 Å². The molecule has 2 N–H and O–H groups in total. The van der Waals surface area contributed by atoms with Crippen molar-refractivity contribution in [2.45, 2.75) is 38.3 Å². The van der Waals surface area contributed by atoms with E-state index < -0.39 is 0 Å². The zero-order chi connectivity index (χ0) is 8.10. The fraction of sp³-hybridized carbons (Fsp3) is 1.00. The number of nitrogens with two attached hydrogens (primary N) is 1. The van der Waals surface area contributed by atoms with Crippen LogP contribution in [0.5, 0.6) is 0 Å². The van der Waals surface area contributed by atoms with E-state index in [1.165, 1.54) is 6.42 Å². The zero-order valence-corrected chi connectivity index (χ0v) is 7.08. The van der Waals surface area contributed by atoms with Crippen molar-refractivity contribution in [2.24, 2.45) is 5.73 Å². The predicted molar refractivity (Wildman–Crippen MR) is 43.2 cm³/mol. The minimum Gasteiger partial charge on any atom is -0.356 e. The van der Waals surface area contributed by atoms with Gasteiger partial charge in [-0.15, -0.1) is 0 Å². The van der Waals surface area contributed by atoms with Gasteiger partial charge in [-0.2, -0.15) is 0 Å². The van der Waals surface area contributed by atoms with Crippen LogP contribution in [0.2, 0.25) is 0 Å². The summed E-state index contributed by atoms with van der Waals surface area (Å²) in [4.78, 5) is 0. The molecule has 3 nitrogen and oxygen atoms in total. The maximum atomic E-state index is 5.78. The second-order valence-corrected chi connectivity index (χ2v) is 2.91. The minimum absolute atomic E-state index is 0.232. The molecule has 0 spiro atoms. The third kappa shape index (κ3) is 2.77. The van der Waals surface area contributed by atoms with Gasteiger partial charge in [0.15, 0.2) is 0 Å². The molecule has 1 aliphatic carbocycles. The molecule has 3 heteroatoms. The monoisotopic (exact) mass is 159 g/mol. The van der Waals surface area contributed by atoms with E-state index in [-0.39, 0.29) is 12.1 Å². The zero-order valence-electron chi connectivity index (χ0n) is 7.08. The number of rotatable bonds is 4. The second kappa shape index (κ2) is 4.70. The first-order chi connectivity index (χ1) is 5.34. The van der Waals surface area contributed by atoms with Crippen molar-refractivity contribution >= 4 is 0 Å². The molecule has 1 saturated carbocycles. The Morgan fingerprint density at radius 3 is 2.82 bits per heavy atom. The largest absolute Gasteiger partial charge is 0.356 e. The smallest absolute Gasteiger partial charge is 0.147 e. The Morgan fingerprint density at radius 2 is 2.27 bits per heavy atom. The summed E-state index contributed by atoms with van der Waals surface area (Å²) in [5.41, 5.74) is 5.78. The van der Waals surface area contributed by atoms with Crippen molar-refractivity contribution in [2.75, 3.05) is 13.4 Å². The van der Waals surface area contributed by atoms with Crippen LogP contribution in [-0.2, 0) is 9.47 Å². The molecule has 0 bridgehead atoms. The van der Waals surface area contributed by atoms with Crippen LogP contribution in [0.15, 0.2) is 0 Å². The molecule has 0 saturated heterocycles. The quantitative estimate of drug-likeness (QED) is 0.489. The van der Waals surface area contributed by atoms with Gasteiger partial charge in [-0.05, 0) is 26.2 Å². The van der Waals surface area contributed by atoms with Gasteiger partial charge in [-0.25, -0.2) is 0 Å². The lowest BCUT2D eigenvalue weighted by atomic mass is 10.2. The highest BCUT2D eigenvalue weighted by Crippen LogP contribution is 2.19. The number of hydrogen-bond donors (Lipinski definition) is 1. The SMILES string of the molecule is CCOCOC1CCCC1N. The van der Waals surface area contributed by atoms with Crippen molar-refractivity contribution in [3.63, 3.8) is 0 Å². The standard InChI is InChI=1S/C8H17NO2/c1-2-10-6-11-8-5-3-4-7(8)9/h7-8H,2-6,9H2,1H3. The van der Waals surface area contributed by atoms with Crippen LogP contribution in [0.25, 0.3) is 0 Å². The molecule has 0 heterocycles. The fourth-order valence-corrected chi connectivity index (χ4v) is 1.38. The molecule has 1 rings (SSSR count). The van der Waals surface area contributed by atoms with Crippen molar-refractivity contribution in [3.8, 4) is 0 Å². The Kier molecular flexibility index (Phi) is 3.83. The molecule has 0 aliphatic heterocycles. The van der Waals surface area contributed by atoms with Crippen LogP contribution in [-0.4, -0.2) is 25.5 Å². The fourth-order valence-electron chi connectivity index (χ4n) is 1.38. The molecule has 0 amide bonds. The Hall–Kier alpha value is -0.120. The van der Waals surface area contributed by atoms with Gasteiger partial charge >= 0.3 is 0 Å². The van der Waals surface area contributed by atoms with E-state index in [1.54, 1.807) is 0 Å². The summed E-state index contributed by atoms with van der Waals surface area (Å²) >= 11 is 0. The van der Waals surface area contributed by atoms with Crippen molar-refractivity contribution in [1.82, 2.24) is 0 Å². The van der Waals surface area contributed by atoms with Crippen LogP contribution in [0.3, 0.4) is 0 Å². The highest BCUT2D eigenvalue weighted by Gasteiger charge is 2.24. The lowest BCUT2D eigenvalue weighted by Crippen LogP contribution is -2.31. The molecule has 11 heavy (non-hydrogen) atoms. The maximum Gasteiger partial charge on any atom is 0.147 e. The predicted octanol–water partition coefficient (Wildman–Crippen LogP) is 0.877. The van der Waals surface area contributed by atoms with E-state index >= 15 is 0 Å². The molecular formula is C8H17NO2. The lowest BCUT2D eigenvalue weighted by Gasteiger charge is -2.15. The van der Waals surface area contributed by atoms with Gasteiger partial charge in [0.2, 0.25) is 0 Å². The van der Waals surface area contributed by atoms with Gasteiger partial charge in [-0.1, -0.05) is 0 Å².